The fraction of sp³-hybridized carbons (Fsp3) is 0.714. The SMILES string of the molecule is CCCCCC(C(=O)OCC)C1=CC(Br)CC1=O. The van der Waals surface area contributed by atoms with E-state index in [4.69, 9.17) is 4.74 Å². The van der Waals surface area contributed by atoms with Crippen molar-refractivity contribution < 1.29 is 14.3 Å². The molecule has 1 aliphatic carbocycles. The number of ketones is 1. The highest BCUT2D eigenvalue weighted by Gasteiger charge is 2.33. The van der Waals surface area contributed by atoms with Gasteiger partial charge in [-0.05, 0) is 13.3 Å². The Kier molecular flexibility index (Phi) is 6.61. The van der Waals surface area contributed by atoms with Crippen molar-refractivity contribution in [2.24, 2.45) is 5.92 Å². The van der Waals surface area contributed by atoms with Crippen molar-refractivity contribution >= 4 is 27.7 Å². The molecule has 0 aromatic carbocycles. The monoisotopic (exact) mass is 316 g/mol. The number of carbonyl (C=O) groups excluding carboxylic acids is 2. The summed E-state index contributed by atoms with van der Waals surface area (Å²) in [6.07, 6.45) is 6.18. The van der Waals surface area contributed by atoms with E-state index in [-0.39, 0.29) is 22.5 Å². The van der Waals surface area contributed by atoms with Gasteiger partial charge in [-0.15, -0.1) is 0 Å². The van der Waals surface area contributed by atoms with Gasteiger partial charge in [-0.1, -0.05) is 48.2 Å². The predicted molar refractivity (Wildman–Crippen MR) is 74.7 cm³/mol. The van der Waals surface area contributed by atoms with Crippen molar-refractivity contribution in [1.82, 2.24) is 0 Å². The zero-order valence-electron chi connectivity index (χ0n) is 11.1. The lowest BCUT2D eigenvalue weighted by Crippen LogP contribution is -2.22. The number of hydrogen-bond donors (Lipinski definition) is 0. The summed E-state index contributed by atoms with van der Waals surface area (Å²) in [4.78, 5) is 23.9. The van der Waals surface area contributed by atoms with E-state index in [2.05, 4.69) is 22.9 Å². The Labute approximate surface area is 117 Å². The Morgan fingerprint density at radius 3 is 2.72 bits per heavy atom. The number of Topliss-reactive ketones (excluding diaryl/α,β-unsaturated/α-hetero) is 1. The normalized spacial score (nSPS) is 20.7. The standard InChI is InChI=1S/C14H21BrO3/c1-3-5-6-7-11(14(17)18-4-2)12-8-10(15)9-13(12)16/h8,10-11H,3-7,9H2,1-2H3. The highest BCUT2D eigenvalue weighted by atomic mass is 79.9. The molecule has 2 unspecified atom stereocenters. The van der Waals surface area contributed by atoms with Crippen molar-refractivity contribution in [3.8, 4) is 0 Å². The van der Waals surface area contributed by atoms with Crippen molar-refractivity contribution in [2.75, 3.05) is 6.61 Å². The molecule has 4 heteroatoms. The van der Waals surface area contributed by atoms with Crippen LogP contribution >= 0.6 is 15.9 Å². The Morgan fingerprint density at radius 1 is 1.50 bits per heavy atom. The van der Waals surface area contributed by atoms with Gasteiger partial charge in [0, 0.05) is 16.8 Å². The minimum absolute atomic E-state index is 0.0723. The Morgan fingerprint density at radius 2 is 2.22 bits per heavy atom. The molecule has 0 bridgehead atoms. The average Bonchev–Trinajstić information content (AvgIpc) is 2.64. The summed E-state index contributed by atoms with van der Waals surface area (Å²) in [6.45, 7) is 4.27. The average molecular weight is 317 g/mol. The molecule has 1 aliphatic rings. The maximum absolute atomic E-state index is 11.9. The molecular formula is C14H21BrO3. The van der Waals surface area contributed by atoms with Gasteiger partial charge in [-0.25, -0.2) is 0 Å². The maximum atomic E-state index is 11.9. The van der Waals surface area contributed by atoms with E-state index in [9.17, 15) is 9.59 Å². The fourth-order valence-electron chi connectivity index (χ4n) is 2.19. The maximum Gasteiger partial charge on any atom is 0.313 e. The molecular weight excluding hydrogens is 296 g/mol. The summed E-state index contributed by atoms with van der Waals surface area (Å²) in [5.41, 5.74) is 0.645. The molecule has 0 heterocycles. The second-order valence-corrected chi connectivity index (χ2v) is 5.74. The molecule has 0 N–H and O–H groups in total. The van der Waals surface area contributed by atoms with E-state index in [0.29, 0.717) is 25.0 Å². The van der Waals surface area contributed by atoms with Crippen LogP contribution in [0.1, 0.15) is 46.0 Å². The molecule has 0 spiro atoms. The summed E-state index contributed by atoms with van der Waals surface area (Å²) >= 11 is 3.41. The van der Waals surface area contributed by atoms with Crippen LogP contribution in [0.3, 0.4) is 0 Å². The largest absolute Gasteiger partial charge is 0.466 e. The lowest BCUT2D eigenvalue weighted by Gasteiger charge is -2.15. The number of esters is 1. The number of ether oxygens (including phenoxy) is 1. The first-order chi connectivity index (χ1) is 8.60. The van der Waals surface area contributed by atoms with Gasteiger partial charge in [0.05, 0.1) is 12.5 Å². The van der Waals surface area contributed by atoms with Crippen LogP contribution in [0.15, 0.2) is 11.6 Å². The van der Waals surface area contributed by atoms with E-state index in [1.165, 1.54) is 0 Å². The summed E-state index contributed by atoms with van der Waals surface area (Å²) in [5.74, 6) is -0.548. The second-order valence-electron chi connectivity index (χ2n) is 4.57. The van der Waals surface area contributed by atoms with Crippen LogP contribution in [0.4, 0.5) is 0 Å². The van der Waals surface area contributed by atoms with Gasteiger partial charge in [-0.3, -0.25) is 9.59 Å². The van der Waals surface area contributed by atoms with Gasteiger partial charge >= 0.3 is 5.97 Å². The molecule has 0 aliphatic heterocycles. The minimum atomic E-state index is -0.369. The predicted octanol–water partition coefficient (Wildman–Crippen LogP) is 3.41. The molecule has 102 valence electrons. The smallest absolute Gasteiger partial charge is 0.313 e. The number of carbonyl (C=O) groups is 2. The third kappa shape index (κ3) is 4.23. The van der Waals surface area contributed by atoms with Crippen molar-refractivity contribution in [2.45, 2.75) is 50.8 Å². The van der Waals surface area contributed by atoms with Gasteiger partial charge in [0.1, 0.15) is 0 Å². The van der Waals surface area contributed by atoms with Gasteiger partial charge in [0.25, 0.3) is 0 Å². The van der Waals surface area contributed by atoms with Crippen molar-refractivity contribution in [1.29, 1.82) is 0 Å². The first-order valence-electron chi connectivity index (χ1n) is 6.65. The number of rotatable bonds is 7. The van der Waals surface area contributed by atoms with Crippen molar-refractivity contribution in [3.63, 3.8) is 0 Å². The van der Waals surface area contributed by atoms with Gasteiger partial charge in [0.15, 0.2) is 5.78 Å². The molecule has 0 saturated carbocycles. The molecule has 0 saturated heterocycles. The minimum Gasteiger partial charge on any atom is -0.466 e. The highest BCUT2D eigenvalue weighted by molar-refractivity contribution is 9.09. The van der Waals surface area contributed by atoms with E-state index in [1.807, 2.05) is 6.08 Å². The second kappa shape index (κ2) is 7.72. The molecule has 0 radical (unpaired) electrons. The Bertz CT molecular complexity index is 336. The molecule has 0 aromatic rings. The molecule has 0 amide bonds. The van der Waals surface area contributed by atoms with Gasteiger partial charge in [0.2, 0.25) is 0 Å². The number of allylic oxidation sites excluding steroid dienone is 1. The first kappa shape index (κ1) is 15.4. The van der Waals surface area contributed by atoms with E-state index >= 15 is 0 Å². The van der Waals surface area contributed by atoms with Crippen LogP contribution in [0.2, 0.25) is 0 Å². The fourth-order valence-corrected chi connectivity index (χ4v) is 2.77. The molecule has 0 fully saturated rings. The zero-order chi connectivity index (χ0) is 13.5. The molecule has 18 heavy (non-hydrogen) atoms. The van der Waals surface area contributed by atoms with Crippen LogP contribution < -0.4 is 0 Å². The lowest BCUT2D eigenvalue weighted by molar-refractivity contribution is -0.147. The number of hydrogen-bond acceptors (Lipinski definition) is 3. The number of alkyl halides is 1. The zero-order valence-corrected chi connectivity index (χ0v) is 12.7. The van der Waals surface area contributed by atoms with Crippen molar-refractivity contribution in [3.05, 3.63) is 11.6 Å². The van der Waals surface area contributed by atoms with Crippen LogP contribution in [0, 0.1) is 5.92 Å². The third-order valence-electron chi connectivity index (χ3n) is 3.11. The summed E-state index contributed by atoms with van der Waals surface area (Å²) in [7, 11) is 0. The van der Waals surface area contributed by atoms with E-state index < -0.39 is 0 Å². The van der Waals surface area contributed by atoms with Gasteiger partial charge < -0.3 is 4.74 Å². The van der Waals surface area contributed by atoms with Crippen LogP contribution in [-0.4, -0.2) is 23.2 Å². The Balaban J connectivity index is 2.73. The van der Waals surface area contributed by atoms with E-state index in [1.54, 1.807) is 6.92 Å². The summed E-state index contributed by atoms with van der Waals surface area (Å²) in [6, 6.07) is 0. The third-order valence-corrected chi connectivity index (χ3v) is 3.69. The highest BCUT2D eigenvalue weighted by Crippen LogP contribution is 2.30. The van der Waals surface area contributed by atoms with Crippen LogP contribution in [0.5, 0.6) is 0 Å². The molecule has 1 rings (SSSR count). The quantitative estimate of drug-likeness (QED) is 0.410. The molecule has 3 nitrogen and oxygen atoms in total. The summed E-state index contributed by atoms with van der Waals surface area (Å²) < 4.78 is 5.08. The number of unbranched alkanes of at least 4 members (excludes halogenated alkanes) is 2. The lowest BCUT2D eigenvalue weighted by atomic mass is 9.92. The van der Waals surface area contributed by atoms with Crippen LogP contribution in [0.25, 0.3) is 0 Å². The van der Waals surface area contributed by atoms with Crippen LogP contribution in [-0.2, 0) is 14.3 Å². The molecule has 2 atom stereocenters. The van der Waals surface area contributed by atoms with Gasteiger partial charge in [-0.2, -0.15) is 0 Å². The number of halogens is 1. The Hall–Kier alpha value is -0.640. The topological polar surface area (TPSA) is 43.4 Å². The van der Waals surface area contributed by atoms with E-state index in [0.717, 1.165) is 19.3 Å². The summed E-state index contributed by atoms with van der Waals surface area (Å²) in [5, 5.41) is 0. The first-order valence-corrected chi connectivity index (χ1v) is 7.57. The molecule has 0 aromatic heterocycles.